The van der Waals surface area contributed by atoms with Gasteiger partial charge < -0.3 is 5.32 Å². The summed E-state index contributed by atoms with van der Waals surface area (Å²) in [5, 5.41) is 3.48. The van der Waals surface area contributed by atoms with Crippen LogP contribution < -0.4 is 5.32 Å². The second kappa shape index (κ2) is 11.0. The molecule has 0 amide bonds. The lowest BCUT2D eigenvalue weighted by Gasteiger charge is -2.26. The highest BCUT2D eigenvalue weighted by Gasteiger charge is 2.07. The van der Waals surface area contributed by atoms with Crippen LogP contribution in [0.25, 0.3) is 0 Å². The van der Waals surface area contributed by atoms with Crippen molar-refractivity contribution in [2.24, 2.45) is 0 Å². The minimum absolute atomic E-state index is 1.11. The smallest absolute Gasteiger partial charge is 0.0480 e. The molecule has 0 spiro atoms. The highest BCUT2D eigenvalue weighted by atomic mass is 15.2. The Morgan fingerprint density at radius 1 is 1.07 bits per heavy atom. The third kappa shape index (κ3) is 7.34. The van der Waals surface area contributed by atoms with E-state index in [-0.39, 0.29) is 0 Å². The summed E-state index contributed by atoms with van der Waals surface area (Å²) in [6.45, 7) is 11.1. The standard InChI is InChI=1S/C10H22N2.C2H6/c1-2-3-7-11-10-12-8-5-4-6-9-12;1-2/h11H,2-10H2,1H3;1-2H3. The molecule has 14 heavy (non-hydrogen) atoms. The molecule has 0 aromatic carbocycles. The Hall–Kier alpha value is -0.0800. The van der Waals surface area contributed by atoms with Crippen LogP contribution in [0.1, 0.15) is 52.9 Å². The monoisotopic (exact) mass is 200 g/mol. The Morgan fingerprint density at radius 3 is 2.29 bits per heavy atom. The van der Waals surface area contributed by atoms with Gasteiger partial charge in [-0.05, 0) is 38.9 Å². The summed E-state index contributed by atoms with van der Waals surface area (Å²) in [6, 6.07) is 0. The molecule has 0 aliphatic carbocycles. The van der Waals surface area contributed by atoms with E-state index in [2.05, 4.69) is 17.1 Å². The Kier molecular flexibility index (Phi) is 10.9. The molecule has 2 nitrogen and oxygen atoms in total. The first-order chi connectivity index (χ1) is 6.93. The van der Waals surface area contributed by atoms with Crippen LogP contribution in [0, 0.1) is 0 Å². The lowest BCUT2D eigenvalue weighted by Crippen LogP contribution is -2.38. The average Bonchev–Trinajstić information content (AvgIpc) is 2.29. The summed E-state index contributed by atoms with van der Waals surface area (Å²) >= 11 is 0. The molecule has 2 heteroatoms. The van der Waals surface area contributed by atoms with Gasteiger partial charge in [0.2, 0.25) is 0 Å². The first-order valence-electron chi connectivity index (χ1n) is 6.36. The summed E-state index contributed by atoms with van der Waals surface area (Å²) in [5.41, 5.74) is 0. The SMILES string of the molecule is CC.CCCCNCN1CCCCC1. The summed E-state index contributed by atoms with van der Waals surface area (Å²) in [6.07, 6.45) is 6.84. The van der Waals surface area contributed by atoms with E-state index in [0.717, 1.165) is 6.67 Å². The van der Waals surface area contributed by atoms with E-state index < -0.39 is 0 Å². The van der Waals surface area contributed by atoms with E-state index in [0.29, 0.717) is 0 Å². The molecule has 0 saturated carbocycles. The van der Waals surface area contributed by atoms with E-state index >= 15 is 0 Å². The highest BCUT2D eigenvalue weighted by Crippen LogP contribution is 2.06. The van der Waals surface area contributed by atoms with Crippen LogP contribution in [0.2, 0.25) is 0 Å². The largest absolute Gasteiger partial charge is 0.304 e. The fourth-order valence-electron chi connectivity index (χ4n) is 1.66. The molecule has 1 rings (SSSR count). The van der Waals surface area contributed by atoms with Gasteiger partial charge in [0.25, 0.3) is 0 Å². The van der Waals surface area contributed by atoms with Crippen LogP contribution in [0.5, 0.6) is 0 Å². The average molecular weight is 200 g/mol. The zero-order chi connectivity index (χ0) is 10.6. The van der Waals surface area contributed by atoms with Crippen molar-refractivity contribution in [1.82, 2.24) is 10.2 Å². The Labute approximate surface area is 90.1 Å². The van der Waals surface area contributed by atoms with E-state index in [9.17, 15) is 0 Å². The number of rotatable bonds is 5. The van der Waals surface area contributed by atoms with Crippen molar-refractivity contribution >= 4 is 0 Å². The lowest BCUT2D eigenvalue weighted by atomic mass is 10.1. The molecule has 0 aromatic heterocycles. The van der Waals surface area contributed by atoms with Gasteiger partial charge in [-0.1, -0.05) is 33.6 Å². The molecule has 0 aromatic rings. The topological polar surface area (TPSA) is 15.3 Å². The number of piperidine rings is 1. The molecule has 1 aliphatic rings. The number of unbranched alkanes of at least 4 members (excludes halogenated alkanes) is 1. The maximum absolute atomic E-state index is 3.48. The normalized spacial score (nSPS) is 17.4. The predicted molar refractivity (Wildman–Crippen MR) is 64.5 cm³/mol. The van der Waals surface area contributed by atoms with Gasteiger partial charge in [-0.2, -0.15) is 0 Å². The van der Waals surface area contributed by atoms with Gasteiger partial charge in [-0.15, -0.1) is 0 Å². The maximum atomic E-state index is 3.48. The van der Waals surface area contributed by atoms with E-state index in [1.807, 2.05) is 13.8 Å². The Bertz CT molecular complexity index is 98.5. The Morgan fingerprint density at radius 2 is 1.71 bits per heavy atom. The van der Waals surface area contributed by atoms with Crippen LogP contribution in [0.15, 0.2) is 0 Å². The van der Waals surface area contributed by atoms with Crippen molar-refractivity contribution < 1.29 is 0 Å². The second-order valence-corrected chi connectivity index (χ2v) is 3.69. The molecule has 0 unspecified atom stereocenters. The number of nitrogens with zero attached hydrogens (tertiary/aromatic N) is 1. The number of hydrogen-bond donors (Lipinski definition) is 1. The van der Waals surface area contributed by atoms with Gasteiger partial charge in [0.05, 0.1) is 0 Å². The number of likely N-dealkylation sites (tertiary alicyclic amines) is 1. The molecule has 1 aliphatic heterocycles. The van der Waals surface area contributed by atoms with Crippen molar-refractivity contribution in [3.63, 3.8) is 0 Å². The Balaban J connectivity index is 0.000000791. The van der Waals surface area contributed by atoms with Gasteiger partial charge in [0.15, 0.2) is 0 Å². The molecule has 0 bridgehead atoms. The molecule has 1 heterocycles. The van der Waals surface area contributed by atoms with E-state index in [1.165, 1.54) is 51.7 Å². The first kappa shape index (κ1) is 13.9. The second-order valence-electron chi connectivity index (χ2n) is 3.69. The summed E-state index contributed by atoms with van der Waals surface area (Å²) in [4.78, 5) is 2.53. The van der Waals surface area contributed by atoms with Crippen molar-refractivity contribution in [3.05, 3.63) is 0 Å². The predicted octanol–water partition coefficient (Wildman–Crippen LogP) is 2.85. The van der Waals surface area contributed by atoms with Gasteiger partial charge >= 0.3 is 0 Å². The van der Waals surface area contributed by atoms with Gasteiger partial charge in [-0.3, -0.25) is 4.90 Å². The van der Waals surface area contributed by atoms with E-state index in [4.69, 9.17) is 0 Å². The molecule has 86 valence electrons. The van der Waals surface area contributed by atoms with Crippen LogP contribution in [0.3, 0.4) is 0 Å². The summed E-state index contributed by atoms with van der Waals surface area (Å²) in [5.74, 6) is 0. The summed E-state index contributed by atoms with van der Waals surface area (Å²) < 4.78 is 0. The van der Waals surface area contributed by atoms with Crippen molar-refractivity contribution in [2.45, 2.75) is 52.9 Å². The molecular weight excluding hydrogens is 172 g/mol. The van der Waals surface area contributed by atoms with Crippen molar-refractivity contribution in [3.8, 4) is 0 Å². The molecule has 0 atom stereocenters. The van der Waals surface area contributed by atoms with Crippen molar-refractivity contribution in [1.29, 1.82) is 0 Å². The third-order valence-corrected chi connectivity index (χ3v) is 2.49. The van der Waals surface area contributed by atoms with Crippen LogP contribution in [-0.2, 0) is 0 Å². The number of hydrogen-bond acceptors (Lipinski definition) is 2. The third-order valence-electron chi connectivity index (χ3n) is 2.49. The summed E-state index contributed by atoms with van der Waals surface area (Å²) in [7, 11) is 0. The van der Waals surface area contributed by atoms with Crippen LogP contribution in [0.4, 0.5) is 0 Å². The molecular formula is C12H28N2. The van der Waals surface area contributed by atoms with Gasteiger partial charge in [0.1, 0.15) is 0 Å². The fourth-order valence-corrected chi connectivity index (χ4v) is 1.66. The molecule has 0 radical (unpaired) electrons. The van der Waals surface area contributed by atoms with Gasteiger partial charge in [0, 0.05) is 6.67 Å². The van der Waals surface area contributed by atoms with Gasteiger partial charge in [-0.25, -0.2) is 0 Å². The highest BCUT2D eigenvalue weighted by molar-refractivity contribution is 4.63. The first-order valence-corrected chi connectivity index (χ1v) is 6.36. The quantitative estimate of drug-likeness (QED) is 0.687. The minimum Gasteiger partial charge on any atom is -0.304 e. The van der Waals surface area contributed by atoms with Crippen LogP contribution >= 0.6 is 0 Å². The zero-order valence-electron chi connectivity index (χ0n) is 10.3. The fraction of sp³-hybridized carbons (Fsp3) is 1.00. The van der Waals surface area contributed by atoms with Crippen LogP contribution in [-0.4, -0.2) is 31.2 Å². The minimum atomic E-state index is 1.11. The molecule has 1 saturated heterocycles. The zero-order valence-corrected chi connectivity index (χ0v) is 10.3. The van der Waals surface area contributed by atoms with Crippen molar-refractivity contribution in [2.75, 3.05) is 26.3 Å². The molecule has 1 N–H and O–H groups in total. The lowest BCUT2D eigenvalue weighted by molar-refractivity contribution is 0.212. The van der Waals surface area contributed by atoms with E-state index in [1.54, 1.807) is 0 Å². The maximum Gasteiger partial charge on any atom is 0.0480 e. The number of nitrogens with one attached hydrogen (secondary N) is 1. The molecule has 1 fully saturated rings.